The highest BCUT2D eigenvalue weighted by molar-refractivity contribution is 5.92. The van der Waals surface area contributed by atoms with Crippen LogP contribution in [0, 0.1) is 0 Å². The molecule has 0 aliphatic heterocycles. The summed E-state index contributed by atoms with van der Waals surface area (Å²) < 4.78 is 15.3. The lowest BCUT2D eigenvalue weighted by atomic mass is 10.2. The molecule has 0 fully saturated rings. The normalized spacial score (nSPS) is 10.4. The van der Waals surface area contributed by atoms with Gasteiger partial charge in [-0.25, -0.2) is 4.79 Å². The quantitative estimate of drug-likeness (QED) is 0.746. The summed E-state index contributed by atoms with van der Waals surface area (Å²) in [5.41, 5.74) is 0.642. The third kappa shape index (κ3) is 1.86. The van der Waals surface area contributed by atoms with Crippen LogP contribution in [0.5, 0.6) is 5.75 Å². The van der Waals surface area contributed by atoms with Crippen LogP contribution in [0.15, 0.2) is 28.7 Å². The molecule has 0 spiro atoms. The molecule has 1 aromatic carbocycles. The Morgan fingerprint density at radius 1 is 1.38 bits per heavy atom. The van der Waals surface area contributed by atoms with Gasteiger partial charge in [-0.2, -0.15) is 0 Å². The van der Waals surface area contributed by atoms with Crippen molar-refractivity contribution >= 4 is 16.9 Å². The van der Waals surface area contributed by atoms with Crippen LogP contribution in [-0.4, -0.2) is 19.7 Å². The lowest BCUT2D eigenvalue weighted by Crippen LogP contribution is -1.97. The maximum absolute atomic E-state index is 11.2. The summed E-state index contributed by atoms with van der Waals surface area (Å²) in [5, 5.41) is 0.825. The Bertz CT molecular complexity index is 513. The van der Waals surface area contributed by atoms with Crippen molar-refractivity contribution in [3.05, 3.63) is 30.0 Å². The third-order valence-corrected chi connectivity index (χ3v) is 2.19. The van der Waals surface area contributed by atoms with Crippen LogP contribution in [0.3, 0.4) is 0 Å². The molecule has 0 bridgehead atoms. The second kappa shape index (κ2) is 4.26. The molecule has 4 nitrogen and oxygen atoms in total. The summed E-state index contributed by atoms with van der Waals surface area (Å²) in [7, 11) is 1.32. The number of carbonyl (C=O) groups is 1. The van der Waals surface area contributed by atoms with Crippen molar-refractivity contribution in [2.45, 2.75) is 6.92 Å². The number of esters is 1. The Morgan fingerprint density at radius 3 is 2.88 bits per heavy atom. The lowest BCUT2D eigenvalue weighted by molar-refractivity contribution is 0.0567. The van der Waals surface area contributed by atoms with E-state index in [0.29, 0.717) is 12.2 Å². The van der Waals surface area contributed by atoms with E-state index in [-0.39, 0.29) is 5.76 Å². The van der Waals surface area contributed by atoms with Gasteiger partial charge in [-0.3, -0.25) is 0 Å². The Morgan fingerprint density at radius 2 is 2.19 bits per heavy atom. The van der Waals surface area contributed by atoms with Gasteiger partial charge >= 0.3 is 5.97 Å². The predicted octanol–water partition coefficient (Wildman–Crippen LogP) is 2.62. The van der Waals surface area contributed by atoms with Crippen LogP contribution in [0.2, 0.25) is 0 Å². The first-order valence-electron chi connectivity index (χ1n) is 4.99. The molecule has 0 amide bonds. The number of rotatable bonds is 3. The molecule has 0 saturated heterocycles. The van der Waals surface area contributed by atoms with Gasteiger partial charge in [0.1, 0.15) is 11.3 Å². The Hall–Kier alpha value is -1.97. The second-order valence-electron chi connectivity index (χ2n) is 3.23. The number of furan rings is 1. The van der Waals surface area contributed by atoms with Gasteiger partial charge in [0, 0.05) is 5.39 Å². The van der Waals surface area contributed by atoms with Gasteiger partial charge < -0.3 is 13.9 Å². The van der Waals surface area contributed by atoms with Gasteiger partial charge in [0.2, 0.25) is 5.76 Å². The van der Waals surface area contributed by atoms with E-state index in [1.807, 2.05) is 13.0 Å². The molecule has 1 aromatic heterocycles. The van der Waals surface area contributed by atoms with Gasteiger partial charge in [0.25, 0.3) is 0 Å². The zero-order chi connectivity index (χ0) is 11.5. The minimum Gasteiger partial charge on any atom is -0.494 e. The maximum Gasteiger partial charge on any atom is 0.373 e. The van der Waals surface area contributed by atoms with Crippen molar-refractivity contribution in [1.82, 2.24) is 0 Å². The summed E-state index contributed by atoms with van der Waals surface area (Å²) in [4.78, 5) is 11.2. The number of benzene rings is 1. The molecule has 2 rings (SSSR count). The van der Waals surface area contributed by atoms with Crippen molar-refractivity contribution in [2.75, 3.05) is 13.7 Å². The summed E-state index contributed by atoms with van der Waals surface area (Å²) in [6.45, 7) is 2.52. The molecule has 2 aromatic rings. The molecule has 0 atom stereocenters. The highest BCUT2D eigenvalue weighted by Gasteiger charge is 2.12. The summed E-state index contributed by atoms with van der Waals surface area (Å²) in [5.74, 6) is 0.479. The molecule has 84 valence electrons. The molecular weight excluding hydrogens is 208 g/mol. The zero-order valence-electron chi connectivity index (χ0n) is 9.15. The van der Waals surface area contributed by atoms with Gasteiger partial charge in [-0.1, -0.05) is 0 Å². The molecule has 0 saturated carbocycles. The summed E-state index contributed by atoms with van der Waals surface area (Å²) in [6.07, 6.45) is 0. The topological polar surface area (TPSA) is 48.7 Å². The fourth-order valence-corrected chi connectivity index (χ4v) is 1.48. The molecule has 0 aliphatic carbocycles. The number of ether oxygens (including phenoxy) is 2. The van der Waals surface area contributed by atoms with Gasteiger partial charge in [-0.05, 0) is 31.2 Å². The Labute approximate surface area is 92.8 Å². The average molecular weight is 220 g/mol. The number of hydrogen-bond acceptors (Lipinski definition) is 4. The first-order chi connectivity index (χ1) is 7.74. The van der Waals surface area contributed by atoms with Crippen LogP contribution in [0.4, 0.5) is 0 Å². The standard InChI is InChI=1S/C12H12O4/c1-3-15-9-4-5-10-8(6-9)7-11(16-10)12(13)14-2/h4-7H,3H2,1-2H3. The third-order valence-electron chi connectivity index (χ3n) is 2.19. The minimum atomic E-state index is -0.478. The highest BCUT2D eigenvalue weighted by Crippen LogP contribution is 2.24. The van der Waals surface area contributed by atoms with Gasteiger partial charge in [0.15, 0.2) is 0 Å². The van der Waals surface area contributed by atoms with Crippen molar-refractivity contribution < 1.29 is 18.7 Å². The Balaban J connectivity index is 2.41. The van der Waals surface area contributed by atoms with E-state index in [0.717, 1.165) is 11.1 Å². The van der Waals surface area contributed by atoms with Crippen molar-refractivity contribution in [2.24, 2.45) is 0 Å². The van der Waals surface area contributed by atoms with Crippen LogP contribution in [0.1, 0.15) is 17.5 Å². The van der Waals surface area contributed by atoms with Crippen molar-refractivity contribution in [1.29, 1.82) is 0 Å². The fourth-order valence-electron chi connectivity index (χ4n) is 1.48. The number of hydrogen-bond donors (Lipinski definition) is 0. The first kappa shape index (κ1) is 10.5. The lowest BCUT2D eigenvalue weighted by Gasteiger charge is -2.00. The monoisotopic (exact) mass is 220 g/mol. The number of methoxy groups -OCH3 is 1. The van der Waals surface area contributed by atoms with Crippen LogP contribution < -0.4 is 4.74 Å². The maximum atomic E-state index is 11.2. The summed E-state index contributed by atoms with van der Waals surface area (Å²) >= 11 is 0. The zero-order valence-corrected chi connectivity index (χ0v) is 9.15. The highest BCUT2D eigenvalue weighted by atomic mass is 16.5. The Kier molecular flexibility index (Phi) is 2.81. The molecule has 0 unspecified atom stereocenters. The van der Waals surface area contributed by atoms with Crippen molar-refractivity contribution in [3.63, 3.8) is 0 Å². The molecule has 4 heteroatoms. The second-order valence-corrected chi connectivity index (χ2v) is 3.23. The molecule has 16 heavy (non-hydrogen) atoms. The molecule has 0 radical (unpaired) electrons. The van der Waals surface area contributed by atoms with Gasteiger partial charge in [-0.15, -0.1) is 0 Å². The van der Waals surface area contributed by atoms with E-state index < -0.39 is 5.97 Å². The fraction of sp³-hybridized carbons (Fsp3) is 0.250. The number of fused-ring (bicyclic) bond motifs is 1. The molecular formula is C12H12O4. The predicted molar refractivity (Wildman–Crippen MR) is 58.7 cm³/mol. The number of carbonyl (C=O) groups excluding carboxylic acids is 1. The largest absolute Gasteiger partial charge is 0.494 e. The van der Waals surface area contributed by atoms with Crippen LogP contribution in [-0.2, 0) is 4.74 Å². The van der Waals surface area contributed by atoms with Crippen LogP contribution >= 0.6 is 0 Å². The van der Waals surface area contributed by atoms with E-state index in [9.17, 15) is 4.79 Å². The van der Waals surface area contributed by atoms with E-state index >= 15 is 0 Å². The SMILES string of the molecule is CCOc1ccc2oc(C(=O)OC)cc2c1. The van der Waals surface area contributed by atoms with E-state index in [1.165, 1.54) is 7.11 Å². The first-order valence-corrected chi connectivity index (χ1v) is 4.99. The summed E-state index contributed by atoms with van der Waals surface area (Å²) in [6, 6.07) is 7.04. The van der Waals surface area contributed by atoms with Gasteiger partial charge in [0.05, 0.1) is 13.7 Å². The molecule has 0 aliphatic rings. The van der Waals surface area contributed by atoms with Crippen molar-refractivity contribution in [3.8, 4) is 5.75 Å². The average Bonchev–Trinajstić information content (AvgIpc) is 2.71. The minimum absolute atomic E-state index is 0.200. The van der Waals surface area contributed by atoms with E-state index in [2.05, 4.69) is 4.74 Å². The van der Waals surface area contributed by atoms with E-state index in [1.54, 1.807) is 18.2 Å². The smallest absolute Gasteiger partial charge is 0.373 e. The molecule has 0 N–H and O–H groups in total. The van der Waals surface area contributed by atoms with Crippen LogP contribution in [0.25, 0.3) is 11.0 Å². The van der Waals surface area contributed by atoms with E-state index in [4.69, 9.17) is 9.15 Å². The molecule has 1 heterocycles.